The number of aromatic amines is 1. The van der Waals surface area contributed by atoms with Crippen LogP contribution in [0.2, 0.25) is 0 Å². The number of thioether (sulfide) groups is 1. The lowest BCUT2D eigenvalue weighted by molar-refractivity contribution is -0.142. The molecule has 4 rings (SSSR count). The van der Waals surface area contributed by atoms with Crippen LogP contribution in [0.5, 0.6) is 5.75 Å². The Bertz CT molecular complexity index is 1630. The van der Waals surface area contributed by atoms with Crippen LogP contribution in [-0.4, -0.2) is 75.1 Å². The van der Waals surface area contributed by atoms with Gasteiger partial charge in [0, 0.05) is 29.9 Å². The van der Waals surface area contributed by atoms with E-state index in [0.29, 0.717) is 11.3 Å². The minimum atomic E-state index is -1.30. The van der Waals surface area contributed by atoms with Gasteiger partial charge in [-0.25, -0.2) is 4.79 Å². The fraction of sp³-hybridized carbons (Fsp3) is 0.294. The number of benzene rings is 3. The van der Waals surface area contributed by atoms with E-state index in [1.807, 2.05) is 60.9 Å². The number of fused-ring (bicyclic) bond motifs is 1. The highest BCUT2D eigenvalue weighted by Gasteiger charge is 2.31. The summed E-state index contributed by atoms with van der Waals surface area (Å²) in [6.07, 6.45) is 4.22. The molecule has 4 atom stereocenters. The summed E-state index contributed by atoms with van der Waals surface area (Å²) < 4.78 is 0. The molecule has 0 fully saturated rings. The number of nitrogens with one attached hydrogen (secondary N) is 4. The molecule has 0 saturated carbocycles. The second kappa shape index (κ2) is 16.5. The zero-order chi connectivity index (χ0) is 33.1. The van der Waals surface area contributed by atoms with Crippen molar-refractivity contribution in [2.45, 2.75) is 49.9 Å². The van der Waals surface area contributed by atoms with Crippen molar-refractivity contribution in [1.82, 2.24) is 20.9 Å². The Balaban J connectivity index is 1.54. The second-order valence-electron chi connectivity index (χ2n) is 11.0. The lowest BCUT2D eigenvalue weighted by Crippen LogP contribution is -2.58. The Labute approximate surface area is 271 Å². The average Bonchev–Trinajstić information content (AvgIpc) is 3.46. The molecule has 3 aromatic carbocycles. The van der Waals surface area contributed by atoms with Crippen LogP contribution in [0.3, 0.4) is 0 Å². The lowest BCUT2D eigenvalue weighted by atomic mass is 10.0. The van der Waals surface area contributed by atoms with Crippen LogP contribution >= 0.6 is 11.8 Å². The Morgan fingerprint density at radius 3 is 2.07 bits per heavy atom. The number of carbonyl (C=O) groups excluding carboxylic acids is 3. The van der Waals surface area contributed by atoms with Gasteiger partial charge in [-0.3, -0.25) is 14.4 Å². The van der Waals surface area contributed by atoms with E-state index in [9.17, 15) is 29.4 Å². The molecule has 0 saturated heterocycles. The van der Waals surface area contributed by atoms with E-state index >= 15 is 0 Å². The molecule has 46 heavy (non-hydrogen) atoms. The number of aromatic nitrogens is 1. The molecule has 0 aliphatic heterocycles. The SMILES string of the molecule is CSCCC(NC(=O)C(N)Cc1ccccc1)C(=O)NC(Cc1c[nH]c2ccccc12)C(=O)NC(Cc1ccc(O)cc1)C(=O)O. The number of hydrogen-bond donors (Lipinski definition) is 7. The van der Waals surface area contributed by atoms with Gasteiger partial charge in [0.25, 0.3) is 0 Å². The predicted octanol–water partition coefficient (Wildman–Crippen LogP) is 2.52. The maximum atomic E-state index is 13.7. The molecule has 0 radical (unpaired) electrons. The molecule has 0 spiro atoms. The number of carboxylic acid groups (broad SMARTS) is 1. The van der Waals surface area contributed by atoms with Crippen molar-refractivity contribution in [2.24, 2.45) is 5.73 Å². The summed E-state index contributed by atoms with van der Waals surface area (Å²) in [7, 11) is 0. The molecular formula is C34H39N5O6S. The minimum absolute atomic E-state index is 0.0327. The van der Waals surface area contributed by atoms with Gasteiger partial charge in [0.05, 0.1) is 6.04 Å². The third-order valence-corrected chi connectivity index (χ3v) is 8.25. The van der Waals surface area contributed by atoms with Crippen LogP contribution in [0.1, 0.15) is 23.1 Å². The zero-order valence-electron chi connectivity index (χ0n) is 25.4. The number of rotatable bonds is 16. The van der Waals surface area contributed by atoms with E-state index in [2.05, 4.69) is 20.9 Å². The van der Waals surface area contributed by atoms with E-state index < -0.39 is 47.9 Å². The highest BCUT2D eigenvalue weighted by Crippen LogP contribution is 2.20. The number of H-pyrrole nitrogens is 1. The first-order valence-corrected chi connectivity index (χ1v) is 16.3. The van der Waals surface area contributed by atoms with E-state index in [-0.39, 0.29) is 31.4 Å². The van der Waals surface area contributed by atoms with Crippen molar-refractivity contribution in [3.8, 4) is 5.75 Å². The first-order chi connectivity index (χ1) is 22.1. The van der Waals surface area contributed by atoms with Gasteiger partial charge in [-0.05, 0) is 59.7 Å². The molecule has 0 aliphatic carbocycles. The van der Waals surface area contributed by atoms with Crippen molar-refractivity contribution < 1.29 is 29.4 Å². The Hall–Kier alpha value is -4.81. The molecule has 3 amide bonds. The van der Waals surface area contributed by atoms with Gasteiger partial charge >= 0.3 is 5.97 Å². The lowest BCUT2D eigenvalue weighted by Gasteiger charge is -2.25. The highest BCUT2D eigenvalue weighted by atomic mass is 32.2. The number of carboxylic acids is 1. The average molecular weight is 646 g/mol. The van der Waals surface area contributed by atoms with Crippen LogP contribution in [0.4, 0.5) is 0 Å². The minimum Gasteiger partial charge on any atom is -0.508 e. The number of aromatic hydroxyl groups is 1. The molecule has 4 aromatic rings. The summed E-state index contributed by atoms with van der Waals surface area (Å²) in [4.78, 5) is 55.8. The number of hydrogen-bond acceptors (Lipinski definition) is 7. The van der Waals surface area contributed by atoms with Crippen LogP contribution in [0.25, 0.3) is 10.9 Å². The van der Waals surface area contributed by atoms with E-state index in [1.165, 1.54) is 23.9 Å². The molecule has 1 aromatic heterocycles. The van der Waals surface area contributed by atoms with Crippen molar-refractivity contribution in [1.29, 1.82) is 0 Å². The summed E-state index contributed by atoms with van der Waals surface area (Å²) in [5.74, 6) is -2.44. The molecular weight excluding hydrogens is 606 g/mol. The van der Waals surface area contributed by atoms with E-state index in [1.54, 1.807) is 18.3 Å². The first-order valence-electron chi connectivity index (χ1n) is 14.9. The van der Waals surface area contributed by atoms with Crippen LogP contribution in [0.15, 0.2) is 85.1 Å². The maximum absolute atomic E-state index is 13.7. The molecule has 8 N–H and O–H groups in total. The molecule has 0 aliphatic rings. The second-order valence-corrected chi connectivity index (χ2v) is 12.0. The monoisotopic (exact) mass is 645 g/mol. The normalized spacial score (nSPS) is 13.7. The number of nitrogens with two attached hydrogens (primary N) is 1. The maximum Gasteiger partial charge on any atom is 0.326 e. The number of carbonyl (C=O) groups is 4. The van der Waals surface area contributed by atoms with Gasteiger partial charge in [-0.1, -0.05) is 60.7 Å². The van der Waals surface area contributed by atoms with Gasteiger partial charge < -0.3 is 36.9 Å². The van der Waals surface area contributed by atoms with Gasteiger partial charge in [0.2, 0.25) is 17.7 Å². The van der Waals surface area contributed by atoms with Crippen molar-refractivity contribution in [3.05, 3.63) is 102 Å². The standard InChI is InChI=1S/C34H39N5O6S/c1-46-16-15-28(37-31(41)26(35)17-21-7-3-2-4-8-21)32(42)38-29(19-23-20-36-27-10-6-5-9-25(23)27)33(43)39-30(34(44)45)18-22-11-13-24(40)14-12-22/h2-14,20,26,28-30,36,40H,15-19,35H2,1H3,(H,37,41)(H,38,42)(H,39,43)(H,44,45). The van der Waals surface area contributed by atoms with Gasteiger partial charge in [-0.15, -0.1) is 0 Å². The number of phenolic OH excluding ortho intramolecular Hbond substituents is 1. The largest absolute Gasteiger partial charge is 0.508 e. The third-order valence-electron chi connectivity index (χ3n) is 7.60. The van der Waals surface area contributed by atoms with Gasteiger partial charge in [-0.2, -0.15) is 11.8 Å². The predicted molar refractivity (Wildman–Crippen MR) is 178 cm³/mol. The fourth-order valence-electron chi connectivity index (χ4n) is 5.09. The topological polar surface area (TPSA) is 187 Å². The molecule has 11 nitrogen and oxygen atoms in total. The van der Waals surface area contributed by atoms with Crippen molar-refractivity contribution in [3.63, 3.8) is 0 Å². The summed E-state index contributed by atoms with van der Waals surface area (Å²) in [6.45, 7) is 0. The zero-order valence-corrected chi connectivity index (χ0v) is 26.3. The van der Waals surface area contributed by atoms with Crippen LogP contribution in [-0.2, 0) is 38.4 Å². The fourth-order valence-corrected chi connectivity index (χ4v) is 5.56. The van der Waals surface area contributed by atoms with Gasteiger partial charge in [0.15, 0.2) is 0 Å². The summed E-state index contributed by atoms with van der Waals surface area (Å²) in [6, 6.07) is 18.5. The summed E-state index contributed by atoms with van der Waals surface area (Å²) in [5, 5.41) is 28.5. The Morgan fingerprint density at radius 1 is 0.761 bits per heavy atom. The number of amides is 3. The molecule has 12 heteroatoms. The quantitative estimate of drug-likeness (QED) is 0.0969. The Kier molecular flexibility index (Phi) is 12.2. The summed E-state index contributed by atoms with van der Waals surface area (Å²) >= 11 is 1.50. The molecule has 242 valence electrons. The third kappa shape index (κ3) is 9.59. The first kappa shape index (κ1) is 34.1. The van der Waals surface area contributed by atoms with Crippen LogP contribution < -0.4 is 21.7 Å². The van der Waals surface area contributed by atoms with Crippen molar-refractivity contribution >= 4 is 46.4 Å². The van der Waals surface area contributed by atoms with E-state index in [0.717, 1.165) is 22.0 Å². The Morgan fingerprint density at radius 2 is 1.37 bits per heavy atom. The van der Waals surface area contributed by atoms with Crippen LogP contribution in [0, 0.1) is 0 Å². The van der Waals surface area contributed by atoms with Gasteiger partial charge in [0.1, 0.15) is 23.9 Å². The highest BCUT2D eigenvalue weighted by molar-refractivity contribution is 7.98. The molecule has 1 heterocycles. The molecule has 0 bridgehead atoms. The smallest absolute Gasteiger partial charge is 0.326 e. The number of para-hydroxylation sites is 1. The number of phenols is 1. The molecule has 4 unspecified atom stereocenters. The summed E-state index contributed by atoms with van der Waals surface area (Å²) in [5.41, 5.74) is 9.25. The van der Waals surface area contributed by atoms with Crippen molar-refractivity contribution in [2.75, 3.05) is 12.0 Å². The van der Waals surface area contributed by atoms with E-state index in [4.69, 9.17) is 5.73 Å². The number of aliphatic carboxylic acids is 1.